The van der Waals surface area contributed by atoms with Gasteiger partial charge in [0.15, 0.2) is 0 Å². The second-order valence-corrected chi connectivity index (χ2v) is 7.62. The third-order valence-corrected chi connectivity index (χ3v) is 5.74. The van der Waals surface area contributed by atoms with Crippen molar-refractivity contribution in [1.82, 2.24) is 19.8 Å². The van der Waals surface area contributed by atoms with Gasteiger partial charge in [0, 0.05) is 48.6 Å². The molecule has 1 aliphatic heterocycles. The number of nitrogens with zero attached hydrogens (tertiary/aromatic N) is 4. The lowest BCUT2D eigenvalue weighted by Gasteiger charge is -2.35. The second kappa shape index (κ2) is 7.51. The summed E-state index contributed by atoms with van der Waals surface area (Å²) in [6.45, 7) is 6.69. The highest BCUT2D eigenvalue weighted by atomic mass is 32.1. The molecule has 2 aromatic heterocycles. The first-order chi connectivity index (χ1) is 11.1. The summed E-state index contributed by atoms with van der Waals surface area (Å²) in [5, 5.41) is 3.29. The highest BCUT2D eigenvalue weighted by molar-refractivity contribution is 7.09. The number of hydrogen-bond donors (Lipinski definition) is 0. The zero-order valence-electron chi connectivity index (χ0n) is 14.2. The summed E-state index contributed by atoms with van der Waals surface area (Å²) < 4.78 is 0. The van der Waals surface area contributed by atoms with Gasteiger partial charge < -0.3 is 0 Å². The number of hydrogen-bond acceptors (Lipinski definition) is 5. The second-order valence-electron chi connectivity index (χ2n) is 6.64. The lowest BCUT2D eigenvalue weighted by molar-refractivity contribution is 0.135. The van der Waals surface area contributed by atoms with E-state index in [1.807, 2.05) is 18.6 Å². The zero-order chi connectivity index (χ0) is 16.2. The van der Waals surface area contributed by atoms with Gasteiger partial charge in [-0.25, -0.2) is 4.98 Å². The molecule has 124 valence electrons. The Morgan fingerprint density at radius 2 is 2.09 bits per heavy atom. The Hall–Kier alpha value is -1.30. The molecule has 1 aliphatic rings. The molecule has 4 nitrogen and oxygen atoms in total. The van der Waals surface area contributed by atoms with Crippen molar-refractivity contribution in [1.29, 1.82) is 0 Å². The van der Waals surface area contributed by atoms with E-state index < -0.39 is 0 Å². The largest absolute Gasteiger partial charge is 0.299 e. The van der Waals surface area contributed by atoms with Crippen molar-refractivity contribution in [2.45, 2.75) is 51.4 Å². The smallest absolute Gasteiger partial charge is 0.107 e. The monoisotopic (exact) mass is 330 g/mol. The quantitative estimate of drug-likeness (QED) is 0.815. The van der Waals surface area contributed by atoms with Gasteiger partial charge >= 0.3 is 0 Å². The number of likely N-dealkylation sites (N-methyl/N-ethyl adjacent to an activating group) is 1. The fourth-order valence-electron chi connectivity index (χ4n) is 3.48. The Bertz CT molecular complexity index is 584. The lowest BCUT2D eigenvalue weighted by atomic mass is 9.99. The highest BCUT2D eigenvalue weighted by Crippen LogP contribution is 2.28. The van der Waals surface area contributed by atoms with E-state index in [9.17, 15) is 0 Å². The van der Waals surface area contributed by atoms with Gasteiger partial charge in [-0.05, 0) is 51.4 Å². The first kappa shape index (κ1) is 16.6. The summed E-state index contributed by atoms with van der Waals surface area (Å²) in [6, 6.07) is 6.00. The van der Waals surface area contributed by atoms with Gasteiger partial charge in [-0.1, -0.05) is 0 Å². The molecule has 1 saturated heterocycles. The van der Waals surface area contributed by atoms with E-state index in [0.29, 0.717) is 18.1 Å². The van der Waals surface area contributed by atoms with E-state index in [2.05, 4.69) is 58.2 Å². The topological polar surface area (TPSA) is 32.3 Å². The van der Waals surface area contributed by atoms with Crippen LogP contribution < -0.4 is 0 Å². The summed E-state index contributed by atoms with van der Waals surface area (Å²) >= 11 is 1.76. The summed E-state index contributed by atoms with van der Waals surface area (Å²) in [7, 11) is 2.27. The van der Waals surface area contributed by atoms with Crippen LogP contribution in [0.4, 0.5) is 0 Å². The number of pyridine rings is 1. The summed E-state index contributed by atoms with van der Waals surface area (Å²) in [5.41, 5.74) is 1.37. The number of rotatable bonds is 6. The van der Waals surface area contributed by atoms with E-state index in [1.54, 1.807) is 11.3 Å². The predicted molar refractivity (Wildman–Crippen MR) is 95.6 cm³/mol. The van der Waals surface area contributed by atoms with Crippen LogP contribution in [0.2, 0.25) is 0 Å². The van der Waals surface area contributed by atoms with Gasteiger partial charge in [-0.15, -0.1) is 11.3 Å². The van der Waals surface area contributed by atoms with Crippen molar-refractivity contribution in [3.8, 4) is 0 Å². The van der Waals surface area contributed by atoms with Crippen molar-refractivity contribution < 1.29 is 0 Å². The van der Waals surface area contributed by atoms with Crippen molar-refractivity contribution in [2.24, 2.45) is 0 Å². The summed E-state index contributed by atoms with van der Waals surface area (Å²) in [5.74, 6) is 0. The Kier molecular flexibility index (Phi) is 5.41. The van der Waals surface area contributed by atoms with Crippen LogP contribution in [0.1, 0.15) is 30.8 Å². The minimum absolute atomic E-state index is 0.536. The number of aromatic nitrogens is 2. The molecule has 3 rings (SSSR count). The van der Waals surface area contributed by atoms with Gasteiger partial charge in [0.25, 0.3) is 0 Å². The Morgan fingerprint density at radius 3 is 2.74 bits per heavy atom. The van der Waals surface area contributed by atoms with E-state index in [-0.39, 0.29) is 0 Å². The van der Waals surface area contributed by atoms with E-state index in [1.165, 1.54) is 17.0 Å². The maximum absolute atomic E-state index is 4.48. The minimum Gasteiger partial charge on any atom is -0.299 e. The van der Waals surface area contributed by atoms with Gasteiger partial charge in [0.1, 0.15) is 5.01 Å². The Morgan fingerprint density at radius 1 is 1.30 bits per heavy atom. The molecule has 5 heteroatoms. The van der Waals surface area contributed by atoms with E-state index in [0.717, 1.165) is 19.5 Å². The predicted octanol–water partition coefficient (Wildman–Crippen LogP) is 3.06. The molecule has 0 bridgehead atoms. The van der Waals surface area contributed by atoms with Crippen LogP contribution in [0, 0.1) is 0 Å². The summed E-state index contributed by atoms with van der Waals surface area (Å²) in [4.78, 5) is 13.8. The van der Waals surface area contributed by atoms with Crippen LogP contribution in [0.25, 0.3) is 0 Å². The van der Waals surface area contributed by atoms with Crippen LogP contribution in [0.15, 0.2) is 36.1 Å². The molecule has 0 spiro atoms. The standard InChI is InChI=1S/C18H26N4S/c1-14(2)21(3)16-6-10-22(13-18-20-9-11-23-18)17(16)12-15-4-7-19-8-5-15/h4-5,7-9,11,14,16-17H,6,10,12-13H2,1-3H3/t16-,17+/m1/s1. The maximum atomic E-state index is 4.48. The average Bonchev–Trinajstić information content (AvgIpc) is 3.19. The van der Waals surface area contributed by atoms with Crippen LogP contribution in [-0.2, 0) is 13.0 Å². The molecular formula is C18H26N4S. The maximum Gasteiger partial charge on any atom is 0.107 e. The molecule has 0 unspecified atom stereocenters. The molecule has 0 aromatic carbocycles. The molecule has 0 amide bonds. The molecule has 0 radical (unpaired) electrons. The zero-order valence-corrected chi connectivity index (χ0v) is 15.0. The molecule has 2 aromatic rings. The van der Waals surface area contributed by atoms with Crippen LogP contribution >= 0.6 is 11.3 Å². The molecule has 0 N–H and O–H groups in total. The van der Waals surface area contributed by atoms with Crippen molar-refractivity contribution in [2.75, 3.05) is 13.6 Å². The Labute approximate surface area is 143 Å². The molecule has 0 aliphatic carbocycles. The van der Waals surface area contributed by atoms with Gasteiger partial charge in [-0.3, -0.25) is 14.8 Å². The molecule has 2 atom stereocenters. The molecular weight excluding hydrogens is 304 g/mol. The molecule has 0 saturated carbocycles. The normalized spacial score (nSPS) is 22.3. The highest BCUT2D eigenvalue weighted by Gasteiger charge is 2.37. The van der Waals surface area contributed by atoms with Crippen LogP contribution in [0.5, 0.6) is 0 Å². The van der Waals surface area contributed by atoms with Gasteiger partial charge in [0.2, 0.25) is 0 Å². The fourth-order valence-corrected chi connectivity index (χ4v) is 4.13. The fraction of sp³-hybridized carbons (Fsp3) is 0.556. The molecule has 3 heterocycles. The van der Waals surface area contributed by atoms with Crippen LogP contribution in [0.3, 0.4) is 0 Å². The molecule has 23 heavy (non-hydrogen) atoms. The van der Waals surface area contributed by atoms with Crippen molar-refractivity contribution in [3.05, 3.63) is 46.7 Å². The number of thiazole rings is 1. The van der Waals surface area contributed by atoms with Crippen LogP contribution in [-0.4, -0.2) is 51.5 Å². The van der Waals surface area contributed by atoms with E-state index >= 15 is 0 Å². The van der Waals surface area contributed by atoms with Gasteiger partial charge in [0.05, 0.1) is 6.54 Å². The van der Waals surface area contributed by atoms with Gasteiger partial charge in [-0.2, -0.15) is 0 Å². The number of likely N-dealkylation sites (tertiary alicyclic amines) is 1. The summed E-state index contributed by atoms with van der Waals surface area (Å²) in [6.07, 6.45) is 8.02. The first-order valence-corrected chi connectivity index (χ1v) is 9.26. The first-order valence-electron chi connectivity index (χ1n) is 8.38. The lowest BCUT2D eigenvalue weighted by Crippen LogP contribution is -2.47. The Balaban J connectivity index is 1.78. The van der Waals surface area contributed by atoms with Crippen molar-refractivity contribution in [3.63, 3.8) is 0 Å². The SMILES string of the molecule is CC(C)N(C)[C@@H]1CCN(Cc2nccs2)[C@H]1Cc1ccncc1. The van der Waals surface area contributed by atoms with Crippen molar-refractivity contribution >= 4 is 11.3 Å². The third-order valence-electron chi connectivity index (χ3n) is 4.98. The molecule has 1 fully saturated rings. The van der Waals surface area contributed by atoms with E-state index in [4.69, 9.17) is 0 Å². The average molecular weight is 331 g/mol. The minimum atomic E-state index is 0.536. The third kappa shape index (κ3) is 3.97.